The Hall–Kier alpha value is -3.47. The van der Waals surface area contributed by atoms with Gasteiger partial charge in [0.25, 0.3) is 5.91 Å². The van der Waals surface area contributed by atoms with Crippen molar-refractivity contribution < 1.29 is 31.9 Å². The molecular weight excluding hydrogens is 504 g/mol. The van der Waals surface area contributed by atoms with Crippen molar-refractivity contribution in [1.29, 1.82) is 0 Å². The fourth-order valence-electron chi connectivity index (χ4n) is 5.27. The lowest BCUT2D eigenvalue weighted by molar-refractivity contribution is -0.185. The van der Waals surface area contributed by atoms with E-state index < -0.39 is 42.4 Å². The van der Waals surface area contributed by atoms with Crippen LogP contribution in [-0.2, 0) is 16.0 Å². The van der Waals surface area contributed by atoms with E-state index in [-0.39, 0.29) is 41.8 Å². The van der Waals surface area contributed by atoms with E-state index >= 15 is 0 Å². The molecule has 0 bridgehead atoms. The van der Waals surface area contributed by atoms with E-state index in [1.807, 2.05) is 6.92 Å². The summed E-state index contributed by atoms with van der Waals surface area (Å²) < 4.78 is 54.9. The Kier molecular flexibility index (Phi) is 8.05. The lowest BCUT2D eigenvalue weighted by Gasteiger charge is -2.32. The van der Waals surface area contributed by atoms with Gasteiger partial charge in [-0.2, -0.15) is 13.2 Å². The Bertz CT molecular complexity index is 1220. The smallest absolute Gasteiger partial charge is 0.343 e. The van der Waals surface area contributed by atoms with Gasteiger partial charge in [0, 0.05) is 17.5 Å². The van der Waals surface area contributed by atoms with Gasteiger partial charge in [-0.25, -0.2) is 9.82 Å². The molecule has 38 heavy (non-hydrogen) atoms. The molecule has 0 aromatic heterocycles. The lowest BCUT2D eigenvalue weighted by Crippen LogP contribution is -2.52. The molecule has 3 N–H and O–H groups in total. The van der Waals surface area contributed by atoms with Crippen LogP contribution in [0.3, 0.4) is 0 Å². The summed E-state index contributed by atoms with van der Waals surface area (Å²) in [5.74, 6) is -2.42. The fourth-order valence-corrected chi connectivity index (χ4v) is 5.27. The number of benzene rings is 2. The minimum absolute atomic E-state index is 0.0296. The van der Waals surface area contributed by atoms with Gasteiger partial charge in [0.15, 0.2) is 0 Å². The molecule has 0 radical (unpaired) electrons. The van der Waals surface area contributed by atoms with Crippen molar-refractivity contribution in [1.82, 2.24) is 21.1 Å². The third-order valence-corrected chi connectivity index (χ3v) is 7.21. The van der Waals surface area contributed by atoms with Crippen LogP contribution in [0.25, 0.3) is 0 Å². The molecule has 204 valence electrons. The quantitative estimate of drug-likeness (QED) is 0.493. The van der Waals surface area contributed by atoms with Gasteiger partial charge >= 0.3 is 6.18 Å². The van der Waals surface area contributed by atoms with E-state index in [0.717, 1.165) is 17.2 Å². The largest absolute Gasteiger partial charge is 0.408 e. The van der Waals surface area contributed by atoms with Crippen LogP contribution in [0.4, 0.5) is 17.6 Å². The van der Waals surface area contributed by atoms with E-state index in [2.05, 4.69) is 16.2 Å². The van der Waals surface area contributed by atoms with Crippen molar-refractivity contribution in [3.63, 3.8) is 0 Å². The second-order valence-corrected chi connectivity index (χ2v) is 10.0. The molecular formula is C27H30F4N4O3. The van der Waals surface area contributed by atoms with Crippen LogP contribution in [-0.4, -0.2) is 47.4 Å². The Morgan fingerprint density at radius 2 is 1.89 bits per heavy atom. The minimum atomic E-state index is -4.65. The predicted octanol–water partition coefficient (Wildman–Crippen LogP) is 3.73. The Morgan fingerprint density at radius 3 is 2.58 bits per heavy atom. The molecule has 0 saturated carbocycles. The van der Waals surface area contributed by atoms with E-state index in [1.54, 1.807) is 25.1 Å². The van der Waals surface area contributed by atoms with Crippen LogP contribution in [0.1, 0.15) is 59.3 Å². The summed E-state index contributed by atoms with van der Waals surface area (Å²) in [5.41, 5.74) is 7.75. The van der Waals surface area contributed by atoms with Crippen LogP contribution in [0.5, 0.6) is 0 Å². The Morgan fingerprint density at radius 1 is 1.13 bits per heavy atom. The zero-order valence-corrected chi connectivity index (χ0v) is 21.1. The molecule has 2 saturated heterocycles. The van der Waals surface area contributed by atoms with E-state index in [9.17, 15) is 31.9 Å². The van der Waals surface area contributed by atoms with Crippen molar-refractivity contribution in [3.8, 4) is 0 Å². The highest BCUT2D eigenvalue weighted by atomic mass is 19.4. The second kappa shape index (κ2) is 11.1. The van der Waals surface area contributed by atoms with Crippen molar-refractivity contribution in [2.24, 2.45) is 5.92 Å². The monoisotopic (exact) mass is 534 g/mol. The maximum absolute atomic E-state index is 13.7. The van der Waals surface area contributed by atoms with E-state index in [1.165, 1.54) is 18.2 Å². The average Bonchev–Trinajstić information content (AvgIpc) is 3.32. The molecule has 4 rings (SSSR count). The molecule has 2 aliphatic rings. The molecule has 2 aromatic carbocycles. The molecule has 3 amide bonds. The molecule has 2 unspecified atom stereocenters. The standard InChI is InChI=1S/C27H30F4N4O3/c1-15-10-19(7-6-17(15)12-20-11-16(2)33-34-26(20)38)25(37)32-14-24(36)35-22(8-9-23(35)27(29,30)31)18-4-3-5-21(28)13-18/h3-7,10,13,16,20,22-23,33H,8-9,11-12,14H2,1-2H3,(H,32,37)(H,34,38)/t16?,20?,22-,23+/m0/s1. The number of likely N-dealkylation sites (tertiary alicyclic amines) is 1. The van der Waals surface area contributed by atoms with E-state index in [4.69, 9.17) is 0 Å². The Balaban J connectivity index is 1.43. The van der Waals surface area contributed by atoms with Crippen molar-refractivity contribution in [3.05, 3.63) is 70.5 Å². The number of hydrogen-bond donors (Lipinski definition) is 3. The summed E-state index contributed by atoms with van der Waals surface area (Å²) in [7, 11) is 0. The highest BCUT2D eigenvalue weighted by molar-refractivity contribution is 5.96. The van der Waals surface area contributed by atoms with Gasteiger partial charge in [0.05, 0.1) is 12.6 Å². The van der Waals surface area contributed by atoms with Gasteiger partial charge in [0.2, 0.25) is 11.8 Å². The van der Waals surface area contributed by atoms with E-state index in [0.29, 0.717) is 17.7 Å². The number of alkyl halides is 3. The predicted molar refractivity (Wildman–Crippen MR) is 131 cm³/mol. The zero-order valence-electron chi connectivity index (χ0n) is 21.1. The molecule has 0 aliphatic carbocycles. The number of hydrogen-bond acceptors (Lipinski definition) is 4. The van der Waals surface area contributed by atoms with Crippen LogP contribution < -0.4 is 16.2 Å². The molecule has 2 aliphatic heterocycles. The third-order valence-electron chi connectivity index (χ3n) is 7.21. The SMILES string of the molecule is Cc1cc(C(=O)NCC(=O)N2[C@H](c3cccc(F)c3)CC[C@@H]2C(F)(F)F)ccc1CC1CC(C)NNC1=O. The third kappa shape index (κ3) is 6.15. The first kappa shape index (κ1) is 27.6. The number of aryl methyl sites for hydroxylation is 1. The molecule has 7 nitrogen and oxygen atoms in total. The summed E-state index contributed by atoms with van der Waals surface area (Å²) >= 11 is 0. The van der Waals surface area contributed by atoms with Gasteiger partial charge in [-0.15, -0.1) is 0 Å². The first-order valence-electron chi connectivity index (χ1n) is 12.5. The number of carbonyl (C=O) groups excluding carboxylic acids is 3. The summed E-state index contributed by atoms with van der Waals surface area (Å²) in [5, 5.41) is 2.43. The van der Waals surface area contributed by atoms with Crippen LogP contribution >= 0.6 is 0 Å². The lowest BCUT2D eigenvalue weighted by atomic mass is 9.89. The highest BCUT2D eigenvalue weighted by Gasteiger charge is 2.51. The summed E-state index contributed by atoms with van der Waals surface area (Å²) in [6.45, 7) is 3.14. The number of nitrogens with zero attached hydrogens (tertiary/aromatic N) is 1. The normalized spacial score (nSPS) is 23.7. The summed E-state index contributed by atoms with van der Waals surface area (Å²) in [6, 6.07) is 7.29. The first-order chi connectivity index (χ1) is 17.9. The number of amides is 3. The van der Waals surface area contributed by atoms with Crippen molar-refractivity contribution in [2.75, 3.05) is 6.54 Å². The van der Waals surface area contributed by atoms with Gasteiger partial charge in [-0.3, -0.25) is 19.8 Å². The number of halogens is 4. The Labute approximate surface area is 217 Å². The highest BCUT2D eigenvalue weighted by Crippen LogP contribution is 2.42. The molecule has 2 fully saturated rings. The topological polar surface area (TPSA) is 90.5 Å². The molecule has 4 atom stereocenters. The zero-order chi connectivity index (χ0) is 27.6. The summed E-state index contributed by atoms with van der Waals surface area (Å²) in [4.78, 5) is 38.6. The fraction of sp³-hybridized carbons (Fsp3) is 0.444. The molecule has 0 spiro atoms. The molecule has 2 heterocycles. The minimum Gasteiger partial charge on any atom is -0.343 e. The van der Waals surface area contributed by atoms with Gasteiger partial charge in [-0.05, 0) is 80.5 Å². The number of rotatable bonds is 6. The maximum Gasteiger partial charge on any atom is 0.408 e. The van der Waals surface area contributed by atoms with Crippen LogP contribution in [0, 0.1) is 18.7 Å². The number of nitrogens with one attached hydrogen (secondary N) is 3. The van der Waals surface area contributed by atoms with Crippen LogP contribution in [0.15, 0.2) is 42.5 Å². The average molecular weight is 535 g/mol. The first-order valence-corrected chi connectivity index (χ1v) is 12.5. The second-order valence-electron chi connectivity index (χ2n) is 10.0. The van der Waals surface area contributed by atoms with Crippen molar-refractivity contribution in [2.45, 2.75) is 63.8 Å². The maximum atomic E-state index is 13.7. The van der Waals surface area contributed by atoms with Gasteiger partial charge in [-0.1, -0.05) is 18.2 Å². The van der Waals surface area contributed by atoms with Gasteiger partial charge in [0.1, 0.15) is 11.9 Å². The number of hydrazine groups is 1. The summed E-state index contributed by atoms with van der Waals surface area (Å²) in [6.07, 6.45) is -3.76. The van der Waals surface area contributed by atoms with Crippen LogP contribution in [0.2, 0.25) is 0 Å². The molecule has 11 heteroatoms. The molecule has 2 aromatic rings. The number of carbonyl (C=O) groups is 3. The van der Waals surface area contributed by atoms with Crippen molar-refractivity contribution >= 4 is 17.7 Å². The van der Waals surface area contributed by atoms with Gasteiger partial charge < -0.3 is 10.2 Å².